The maximum absolute atomic E-state index is 7.12. The van der Waals surface area contributed by atoms with Crippen LogP contribution >= 0.6 is 0 Å². The van der Waals surface area contributed by atoms with E-state index in [9.17, 15) is 0 Å². The Hall–Kier alpha value is -8.11. The van der Waals surface area contributed by atoms with Crippen LogP contribution in [0.3, 0.4) is 0 Å². The number of para-hydroxylation sites is 2. The normalized spacial score (nSPS) is 12.3. The van der Waals surface area contributed by atoms with Gasteiger partial charge in [-0.3, -0.25) is 4.57 Å². The summed E-state index contributed by atoms with van der Waals surface area (Å²) < 4.78 is 13.8. The van der Waals surface area contributed by atoms with Gasteiger partial charge in [-0.15, -0.1) is 29.7 Å². The number of fused-ring (bicyclic) bond motifs is 8. The molecule has 0 unspecified atom stereocenters. The fourth-order valence-corrected chi connectivity index (χ4v) is 11.4. The fourth-order valence-electron chi connectivity index (χ4n) is 11.4. The smallest absolute Gasteiger partial charge is 0.268 e. The first-order valence-electron chi connectivity index (χ1n) is 26.8. The van der Waals surface area contributed by atoms with Gasteiger partial charge in [0.15, 0.2) is 0 Å². The van der Waals surface area contributed by atoms with Crippen molar-refractivity contribution in [1.29, 1.82) is 0 Å². The summed E-state index contributed by atoms with van der Waals surface area (Å²) in [7, 11) is 0. The molecular weight excluding hydrogens is 1130 g/mol. The van der Waals surface area contributed by atoms with Crippen molar-refractivity contribution < 1.29 is 30.4 Å². The molecule has 5 nitrogen and oxygen atoms in total. The van der Waals surface area contributed by atoms with Crippen molar-refractivity contribution in [3.05, 3.63) is 235 Å². The number of hydrogen-bond acceptors (Lipinski definition) is 2. The van der Waals surface area contributed by atoms with Crippen LogP contribution in [0, 0.1) is 18.5 Å². The first-order valence-corrected chi connectivity index (χ1v) is 26.8. The SMILES string of the molecule is CC(C)(C)c1cc(Oc2[c-]c3c(cc2)c2c(n3-c3cc(C(C)(C)C)ccn3)-c3ccccc3-c3cccc4cccc-2c34)[c-]c(-n2[c-][n+](-c3c(-c4ccccc4)cc(C(C)(C)C)cc3-c3ccccc3)c3ccccc32)c1.[Pt]. The van der Waals surface area contributed by atoms with Gasteiger partial charge in [-0.05, 0) is 100 Å². The maximum atomic E-state index is 7.12. The molecule has 1 aliphatic carbocycles. The van der Waals surface area contributed by atoms with Crippen LogP contribution in [0.4, 0.5) is 0 Å². The Morgan fingerprint density at radius 2 is 1.08 bits per heavy atom. The monoisotopic (exact) mass is 1190 g/mol. The third-order valence-electron chi connectivity index (χ3n) is 15.4. The van der Waals surface area contributed by atoms with E-state index in [4.69, 9.17) is 9.72 Å². The van der Waals surface area contributed by atoms with Crippen molar-refractivity contribution in [3.63, 3.8) is 0 Å². The molecule has 1 aliphatic rings. The van der Waals surface area contributed by atoms with E-state index in [1.165, 1.54) is 38.6 Å². The summed E-state index contributed by atoms with van der Waals surface area (Å²) in [5.41, 5.74) is 19.4. The van der Waals surface area contributed by atoms with Crippen LogP contribution in [-0.2, 0) is 37.3 Å². The molecule has 0 amide bonds. The zero-order valence-electron chi connectivity index (χ0n) is 45.6. The second-order valence-corrected chi connectivity index (χ2v) is 23.7. The molecule has 13 rings (SSSR count). The Bertz CT molecular complexity index is 4230. The Morgan fingerprint density at radius 1 is 0.487 bits per heavy atom. The molecule has 0 aliphatic heterocycles. The Morgan fingerprint density at radius 3 is 1.74 bits per heavy atom. The quantitative estimate of drug-likeness (QED) is 0.118. The summed E-state index contributed by atoms with van der Waals surface area (Å²) in [6.45, 7) is 20.4. The molecule has 0 fully saturated rings. The number of ether oxygens (including phenoxy) is 1. The molecule has 0 saturated heterocycles. The van der Waals surface area contributed by atoms with Gasteiger partial charge in [0, 0.05) is 50.0 Å². The summed E-state index contributed by atoms with van der Waals surface area (Å²) in [6.07, 6.45) is 5.86. The largest absolute Gasteiger partial charge is 0.510 e. The van der Waals surface area contributed by atoms with Gasteiger partial charge >= 0.3 is 0 Å². The molecule has 9 aromatic carbocycles. The Balaban J connectivity index is 0.00000609. The van der Waals surface area contributed by atoms with Gasteiger partial charge in [-0.1, -0.05) is 226 Å². The van der Waals surface area contributed by atoms with E-state index >= 15 is 0 Å². The molecule has 12 aromatic rings. The molecule has 0 bridgehead atoms. The standard InChI is InChI=1S/C72H60N4O.Pt/c1-70(2,3)49-36-37-73-65(42-49)76-64-44-53(34-35-58(64)67-59-31-21-27-48-26-20-30-56(66(48)59)55-28-16-17-29-57(55)69(67)76)77-54-39-50(71(4,5)6)38-52(43-54)74-45-75(63-33-19-18-32-62(63)74)68-60(46-22-12-10-13-23-46)40-51(72(7,8)9)41-61(68)47-24-14-11-15-25-47;/h10-42H,1-9H3;/q-2;. The van der Waals surface area contributed by atoms with Crippen molar-refractivity contribution in [1.82, 2.24) is 14.1 Å². The Labute approximate surface area is 472 Å². The molecule has 0 radical (unpaired) electrons. The van der Waals surface area contributed by atoms with Crippen LogP contribution in [0.5, 0.6) is 11.5 Å². The number of benzene rings is 9. The molecule has 0 atom stereocenters. The van der Waals surface area contributed by atoms with Crippen LogP contribution in [0.1, 0.15) is 79.0 Å². The minimum Gasteiger partial charge on any atom is -0.510 e. The summed E-state index contributed by atoms with van der Waals surface area (Å²) >= 11 is 0. The van der Waals surface area contributed by atoms with E-state index in [0.29, 0.717) is 11.5 Å². The third kappa shape index (κ3) is 8.70. The second-order valence-electron chi connectivity index (χ2n) is 23.7. The van der Waals surface area contributed by atoms with Crippen molar-refractivity contribution in [2.45, 2.75) is 78.6 Å². The van der Waals surface area contributed by atoms with Crippen LogP contribution in [0.25, 0.3) is 106 Å². The number of nitrogens with zero attached hydrogens (tertiary/aromatic N) is 4. The molecular formula is C72H60N4OPt-2. The number of aromatic nitrogens is 4. The predicted octanol–water partition coefficient (Wildman–Crippen LogP) is 18.1. The van der Waals surface area contributed by atoms with Gasteiger partial charge in [0.25, 0.3) is 6.33 Å². The molecule has 0 N–H and O–H groups in total. The summed E-state index contributed by atoms with van der Waals surface area (Å²) in [6, 6.07) is 77.6. The average Bonchev–Trinajstić information content (AvgIpc) is 4.06. The predicted molar refractivity (Wildman–Crippen MR) is 317 cm³/mol. The second kappa shape index (κ2) is 19.1. The van der Waals surface area contributed by atoms with Gasteiger partial charge in [0.1, 0.15) is 5.82 Å². The fraction of sp³-hybridized carbons (Fsp3) is 0.167. The molecule has 78 heavy (non-hydrogen) atoms. The van der Waals surface area contributed by atoms with Gasteiger partial charge < -0.3 is 13.9 Å². The van der Waals surface area contributed by atoms with Crippen LogP contribution in [-0.4, -0.2) is 14.1 Å². The van der Waals surface area contributed by atoms with Gasteiger partial charge in [-0.2, -0.15) is 17.7 Å². The van der Waals surface area contributed by atoms with Crippen molar-refractivity contribution in [2.24, 2.45) is 0 Å². The summed E-state index contributed by atoms with van der Waals surface area (Å²) in [5, 5.41) is 3.51. The van der Waals surface area contributed by atoms with Crippen LogP contribution in [0.15, 0.2) is 200 Å². The van der Waals surface area contributed by atoms with E-state index < -0.39 is 0 Å². The minimum absolute atomic E-state index is 0. The first-order chi connectivity index (χ1) is 37.1. The maximum Gasteiger partial charge on any atom is 0.268 e. The number of imidazole rings is 1. The third-order valence-corrected chi connectivity index (χ3v) is 15.4. The molecule has 0 spiro atoms. The zero-order chi connectivity index (χ0) is 53.0. The number of hydrogen-bond donors (Lipinski definition) is 0. The topological polar surface area (TPSA) is 35.9 Å². The van der Waals surface area contributed by atoms with Crippen molar-refractivity contribution >= 4 is 32.7 Å². The van der Waals surface area contributed by atoms with E-state index in [1.54, 1.807) is 0 Å². The zero-order valence-corrected chi connectivity index (χ0v) is 47.8. The summed E-state index contributed by atoms with van der Waals surface area (Å²) in [4.78, 5) is 5.15. The van der Waals surface area contributed by atoms with Gasteiger partial charge in [0.05, 0.1) is 16.7 Å². The Kier molecular flexibility index (Phi) is 12.4. The van der Waals surface area contributed by atoms with Gasteiger partial charge in [-0.25, -0.2) is 4.98 Å². The number of pyridine rings is 1. The molecule has 386 valence electrons. The summed E-state index contributed by atoms with van der Waals surface area (Å²) in [5.74, 6) is 1.99. The minimum atomic E-state index is -0.237. The van der Waals surface area contributed by atoms with E-state index in [1.807, 2.05) is 6.20 Å². The van der Waals surface area contributed by atoms with E-state index in [2.05, 4.69) is 289 Å². The van der Waals surface area contributed by atoms with Crippen LogP contribution in [0.2, 0.25) is 0 Å². The van der Waals surface area contributed by atoms with Gasteiger partial charge in [0.2, 0.25) is 0 Å². The molecule has 0 saturated carbocycles. The molecule has 6 heteroatoms. The van der Waals surface area contributed by atoms with E-state index in [0.717, 1.165) is 83.8 Å². The van der Waals surface area contributed by atoms with Crippen LogP contribution < -0.4 is 9.30 Å². The molecule has 3 aromatic heterocycles. The molecule has 3 heterocycles. The van der Waals surface area contributed by atoms with E-state index in [-0.39, 0.29) is 37.3 Å². The average molecular weight is 1190 g/mol. The first kappa shape index (κ1) is 50.7. The van der Waals surface area contributed by atoms with Crippen molar-refractivity contribution in [2.75, 3.05) is 0 Å². The van der Waals surface area contributed by atoms with Crippen molar-refractivity contribution in [3.8, 4) is 84.5 Å². The number of rotatable bonds is 7.